The maximum absolute atomic E-state index is 12.3. The second-order valence-electron chi connectivity index (χ2n) is 6.80. The number of hydrogen-bond acceptors (Lipinski definition) is 3. The Morgan fingerprint density at radius 1 is 1.24 bits per heavy atom. The number of hydrogen-bond donors (Lipinski definition) is 3. The first-order valence-electron chi connectivity index (χ1n) is 8.53. The first-order valence-corrected chi connectivity index (χ1v) is 8.53. The van der Waals surface area contributed by atoms with Crippen molar-refractivity contribution in [2.45, 2.75) is 32.0 Å². The van der Waals surface area contributed by atoms with Crippen molar-refractivity contribution in [1.29, 1.82) is 0 Å². The van der Waals surface area contributed by atoms with Gasteiger partial charge in [0, 0.05) is 32.7 Å². The highest BCUT2D eigenvalue weighted by atomic mass is 16.3. The van der Waals surface area contributed by atoms with Gasteiger partial charge in [0.15, 0.2) is 0 Å². The maximum atomic E-state index is 12.3. The van der Waals surface area contributed by atoms with Crippen molar-refractivity contribution >= 4 is 11.7 Å². The number of fused-ring (bicyclic) bond motifs is 1. The summed E-state index contributed by atoms with van der Waals surface area (Å²) in [5, 5.41) is 16.0. The third-order valence-electron chi connectivity index (χ3n) is 4.65. The first kappa shape index (κ1) is 17.3. The Labute approximate surface area is 148 Å². The van der Waals surface area contributed by atoms with Crippen molar-refractivity contribution in [2.75, 3.05) is 19.0 Å². The van der Waals surface area contributed by atoms with E-state index < -0.39 is 6.10 Å². The Kier molecular flexibility index (Phi) is 4.95. The molecule has 2 atom stereocenters. The van der Waals surface area contributed by atoms with E-state index in [1.807, 2.05) is 55.4 Å². The van der Waals surface area contributed by atoms with Crippen LogP contribution in [0.5, 0.6) is 0 Å². The van der Waals surface area contributed by atoms with Crippen molar-refractivity contribution in [3.8, 4) is 0 Å². The zero-order chi connectivity index (χ0) is 18.0. The highest BCUT2D eigenvalue weighted by molar-refractivity contribution is 5.75. The lowest BCUT2D eigenvalue weighted by molar-refractivity contribution is 0.142. The minimum Gasteiger partial charge on any atom is -0.390 e. The third-order valence-corrected chi connectivity index (χ3v) is 4.65. The lowest BCUT2D eigenvalue weighted by Crippen LogP contribution is -2.40. The summed E-state index contributed by atoms with van der Waals surface area (Å²) in [6.45, 7) is 2.49. The molecule has 0 bridgehead atoms. The lowest BCUT2D eigenvalue weighted by Gasteiger charge is -2.21. The van der Waals surface area contributed by atoms with Gasteiger partial charge in [-0.1, -0.05) is 36.4 Å². The number of carbonyl (C=O) groups is 1. The SMILES string of the molecule is Cc1ccc(CNC(=O)NC2c3ccccc3CC2O)c(N(C)C)c1. The molecule has 0 saturated heterocycles. The van der Waals surface area contributed by atoms with Crippen LogP contribution in [0.1, 0.15) is 28.3 Å². The molecule has 1 aliphatic rings. The van der Waals surface area contributed by atoms with E-state index in [4.69, 9.17) is 0 Å². The summed E-state index contributed by atoms with van der Waals surface area (Å²) in [6, 6.07) is 13.4. The van der Waals surface area contributed by atoms with Gasteiger partial charge in [-0.05, 0) is 35.2 Å². The molecule has 5 nitrogen and oxygen atoms in total. The number of carbonyl (C=O) groups excluding carboxylic acids is 1. The molecule has 0 aromatic heterocycles. The minimum absolute atomic E-state index is 0.272. The summed E-state index contributed by atoms with van der Waals surface area (Å²) < 4.78 is 0. The van der Waals surface area contributed by atoms with Gasteiger partial charge >= 0.3 is 6.03 Å². The topological polar surface area (TPSA) is 64.6 Å². The van der Waals surface area contributed by atoms with Crippen LogP contribution in [0.3, 0.4) is 0 Å². The molecule has 0 aliphatic heterocycles. The highest BCUT2D eigenvalue weighted by Crippen LogP contribution is 2.31. The van der Waals surface area contributed by atoms with E-state index >= 15 is 0 Å². The number of aryl methyl sites for hydroxylation is 1. The van der Waals surface area contributed by atoms with E-state index in [9.17, 15) is 9.90 Å². The van der Waals surface area contributed by atoms with Crippen LogP contribution in [0.4, 0.5) is 10.5 Å². The Balaban J connectivity index is 1.65. The molecule has 0 fully saturated rings. The standard InChI is InChI=1S/C20H25N3O2/c1-13-8-9-15(17(10-13)23(2)3)12-21-20(25)22-19-16-7-5-4-6-14(16)11-18(19)24/h4-10,18-19,24H,11-12H2,1-3H3,(H2,21,22,25). The number of anilines is 1. The maximum Gasteiger partial charge on any atom is 0.315 e. The molecule has 3 rings (SSSR count). The van der Waals surface area contributed by atoms with Crippen LogP contribution in [-0.4, -0.2) is 31.3 Å². The van der Waals surface area contributed by atoms with Crippen LogP contribution in [0, 0.1) is 6.92 Å². The Hall–Kier alpha value is -2.53. The number of nitrogens with zero attached hydrogens (tertiary/aromatic N) is 1. The first-order chi connectivity index (χ1) is 12.0. The van der Waals surface area contributed by atoms with Crippen molar-refractivity contribution in [2.24, 2.45) is 0 Å². The number of aliphatic hydroxyl groups excluding tert-OH is 1. The molecule has 0 saturated carbocycles. The van der Waals surface area contributed by atoms with Crippen molar-refractivity contribution in [1.82, 2.24) is 10.6 Å². The van der Waals surface area contributed by atoms with Gasteiger partial charge in [0.05, 0.1) is 12.1 Å². The molecule has 3 N–H and O–H groups in total. The van der Waals surface area contributed by atoms with Gasteiger partial charge in [-0.3, -0.25) is 0 Å². The Bertz CT molecular complexity index is 773. The number of nitrogens with one attached hydrogen (secondary N) is 2. The molecule has 1 aliphatic carbocycles. The van der Waals surface area contributed by atoms with E-state index in [0.29, 0.717) is 13.0 Å². The van der Waals surface area contributed by atoms with Gasteiger partial charge in [-0.15, -0.1) is 0 Å². The molecule has 5 heteroatoms. The fraction of sp³-hybridized carbons (Fsp3) is 0.350. The molecule has 0 heterocycles. The zero-order valence-corrected chi connectivity index (χ0v) is 14.9. The molecule has 2 aromatic rings. The third kappa shape index (κ3) is 3.77. The molecule has 25 heavy (non-hydrogen) atoms. The summed E-state index contributed by atoms with van der Waals surface area (Å²) in [6.07, 6.45) is -0.0102. The number of benzene rings is 2. The Morgan fingerprint density at radius 2 is 2.00 bits per heavy atom. The highest BCUT2D eigenvalue weighted by Gasteiger charge is 2.31. The monoisotopic (exact) mass is 339 g/mol. The zero-order valence-electron chi connectivity index (χ0n) is 14.9. The molecule has 2 amide bonds. The van der Waals surface area contributed by atoms with Crippen LogP contribution in [-0.2, 0) is 13.0 Å². The summed E-state index contributed by atoms with van der Waals surface area (Å²) in [4.78, 5) is 14.4. The Morgan fingerprint density at radius 3 is 2.76 bits per heavy atom. The summed E-state index contributed by atoms with van der Waals surface area (Å²) in [5.74, 6) is 0. The minimum atomic E-state index is -0.583. The summed E-state index contributed by atoms with van der Waals surface area (Å²) >= 11 is 0. The van der Waals surface area contributed by atoms with Crippen LogP contribution in [0.15, 0.2) is 42.5 Å². The summed E-state index contributed by atoms with van der Waals surface area (Å²) in [7, 11) is 3.98. The van der Waals surface area contributed by atoms with E-state index in [-0.39, 0.29) is 12.1 Å². The van der Waals surface area contributed by atoms with Gasteiger partial charge < -0.3 is 20.6 Å². The lowest BCUT2D eigenvalue weighted by atomic mass is 10.1. The average Bonchev–Trinajstić information content (AvgIpc) is 2.89. The van der Waals surface area contributed by atoms with Crippen molar-refractivity contribution in [3.05, 3.63) is 64.7 Å². The van der Waals surface area contributed by atoms with Crippen molar-refractivity contribution < 1.29 is 9.90 Å². The van der Waals surface area contributed by atoms with Crippen LogP contribution >= 0.6 is 0 Å². The molecular weight excluding hydrogens is 314 g/mol. The number of aliphatic hydroxyl groups is 1. The van der Waals surface area contributed by atoms with E-state index in [1.165, 1.54) is 5.56 Å². The van der Waals surface area contributed by atoms with Gasteiger partial charge in [0.25, 0.3) is 0 Å². The van der Waals surface area contributed by atoms with Gasteiger partial charge in [-0.2, -0.15) is 0 Å². The largest absolute Gasteiger partial charge is 0.390 e. The van der Waals surface area contributed by atoms with Gasteiger partial charge in [0.1, 0.15) is 0 Å². The second-order valence-corrected chi connectivity index (χ2v) is 6.80. The predicted octanol–water partition coefficient (Wildman–Crippen LogP) is 2.52. The van der Waals surface area contributed by atoms with E-state index in [2.05, 4.69) is 23.6 Å². The van der Waals surface area contributed by atoms with Crippen LogP contribution < -0.4 is 15.5 Å². The molecule has 0 radical (unpaired) electrons. The average molecular weight is 339 g/mol. The second kappa shape index (κ2) is 7.15. The number of amides is 2. The van der Waals surface area contributed by atoms with Crippen molar-refractivity contribution in [3.63, 3.8) is 0 Å². The van der Waals surface area contributed by atoms with Crippen LogP contribution in [0.25, 0.3) is 0 Å². The molecular formula is C20H25N3O2. The molecule has 2 unspecified atom stereocenters. The van der Waals surface area contributed by atoms with Gasteiger partial charge in [-0.25, -0.2) is 4.79 Å². The van der Waals surface area contributed by atoms with E-state index in [0.717, 1.165) is 22.4 Å². The quantitative estimate of drug-likeness (QED) is 0.802. The summed E-state index contributed by atoms with van der Waals surface area (Å²) in [5.41, 5.74) is 5.41. The molecule has 2 aromatic carbocycles. The fourth-order valence-corrected chi connectivity index (χ4v) is 3.36. The smallest absolute Gasteiger partial charge is 0.315 e. The molecule has 0 spiro atoms. The number of urea groups is 1. The normalized spacial score (nSPS) is 18.6. The van der Waals surface area contributed by atoms with Gasteiger partial charge in [0.2, 0.25) is 0 Å². The molecule has 132 valence electrons. The van der Waals surface area contributed by atoms with Crippen LogP contribution in [0.2, 0.25) is 0 Å². The fourth-order valence-electron chi connectivity index (χ4n) is 3.36. The van der Waals surface area contributed by atoms with E-state index in [1.54, 1.807) is 0 Å². The number of rotatable bonds is 4. The predicted molar refractivity (Wildman–Crippen MR) is 99.8 cm³/mol.